The largest absolute Gasteiger partial charge is 0.435 e. The van der Waals surface area contributed by atoms with Gasteiger partial charge in [-0.2, -0.15) is 18.3 Å². The van der Waals surface area contributed by atoms with Gasteiger partial charge in [-0.05, 0) is 6.07 Å². The van der Waals surface area contributed by atoms with Crippen molar-refractivity contribution in [2.75, 3.05) is 39.4 Å². The summed E-state index contributed by atoms with van der Waals surface area (Å²) in [5, 5.41) is 6.62. The van der Waals surface area contributed by atoms with E-state index in [1.54, 1.807) is 0 Å². The first-order chi connectivity index (χ1) is 9.47. The molecule has 0 aromatic carbocycles. The molecular weight excluding hydrogens is 344 g/mol. The van der Waals surface area contributed by atoms with Gasteiger partial charge in [-0.25, -0.2) is 0 Å². The van der Waals surface area contributed by atoms with Crippen molar-refractivity contribution in [2.45, 2.75) is 12.7 Å². The Morgan fingerprint density at radius 3 is 2.45 bits per heavy atom. The molecule has 1 aliphatic heterocycles. The summed E-state index contributed by atoms with van der Waals surface area (Å²) in [5.41, 5.74) is -0.315. The molecule has 0 saturated carbocycles. The Kier molecular flexibility index (Phi) is 9.33. The fourth-order valence-corrected chi connectivity index (χ4v) is 2.09. The summed E-state index contributed by atoms with van der Waals surface area (Å²) in [6, 6.07) is 1.09. The molecule has 130 valence electrons. The summed E-state index contributed by atoms with van der Waals surface area (Å²) < 4.78 is 44.0. The Labute approximate surface area is 140 Å². The van der Waals surface area contributed by atoms with E-state index in [1.807, 2.05) is 0 Å². The highest BCUT2D eigenvalue weighted by molar-refractivity contribution is 5.85. The molecule has 2 rings (SSSR count). The second-order valence-corrected chi connectivity index (χ2v) is 4.77. The van der Waals surface area contributed by atoms with E-state index in [4.69, 9.17) is 4.74 Å². The minimum Gasteiger partial charge on any atom is -0.379 e. The van der Waals surface area contributed by atoms with Crippen molar-refractivity contribution >= 4 is 24.8 Å². The Morgan fingerprint density at radius 1 is 1.27 bits per heavy atom. The number of nitrogens with one attached hydrogen (secondary N) is 1. The molecule has 1 aliphatic rings. The number of hydrogen-bond donors (Lipinski definition) is 1. The molecule has 1 N–H and O–H groups in total. The van der Waals surface area contributed by atoms with Crippen molar-refractivity contribution in [2.24, 2.45) is 7.05 Å². The first kappa shape index (κ1) is 21.5. The Bertz CT molecular complexity index is 436. The molecule has 0 spiro atoms. The molecule has 5 nitrogen and oxygen atoms in total. The molecule has 2 heterocycles. The summed E-state index contributed by atoms with van der Waals surface area (Å²) in [7, 11) is 1.52. The third kappa shape index (κ3) is 6.29. The highest BCUT2D eigenvalue weighted by atomic mass is 35.5. The van der Waals surface area contributed by atoms with Gasteiger partial charge in [0.25, 0.3) is 0 Å². The SMILES string of the molecule is Cl.Cl.Cn1nc(C(F)(F)F)cc1CNCCN1CCOCC1. The van der Waals surface area contributed by atoms with Crippen molar-refractivity contribution in [1.29, 1.82) is 0 Å². The minimum atomic E-state index is -4.39. The van der Waals surface area contributed by atoms with Crippen molar-refractivity contribution < 1.29 is 17.9 Å². The molecule has 1 saturated heterocycles. The van der Waals surface area contributed by atoms with Crippen LogP contribution in [0.3, 0.4) is 0 Å². The number of hydrogen-bond acceptors (Lipinski definition) is 4. The molecule has 0 aliphatic carbocycles. The van der Waals surface area contributed by atoms with Gasteiger partial charge in [-0.15, -0.1) is 24.8 Å². The summed E-state index contributed by atoms with van der Waals surface area (Å²) in [6.45, 7) is 5.29. The monoisotopic (exact) mass is 364 g/mol. The van der Waals surface area contributed by atoms with E-state index in [1.165, 1.54) is 11.7 Å². The molecule has 0 unspecified atom stereocenters. The Balaban J connectivity index is 0.00000220. The van der Waals surface area contributed by atoms with Gasteiger partial charge in [0.15, 0.2) is 5.69 Å². The van der Waals surface area contributed by atoms with Crippen LogP contribution >= 0.6 is 24.8 Å². The molecule has 22 heavy (non-hydrogen) atoms. The van der Waals surface area contributed by atoms with Crippen LogP contribution in [-0.2, 0) is 24.5 Å². The number of halogens is 5. The molecule has 0 radical (unpaired) electrons. The molecule has 0 amide bonds. The van der Waals surface area contributed by atoms with Gasteiger partial charge in [-0.1, -0.05) is 0 Å². The third-order valence-corrected chi connectivity index (χ3v) is 3.28. The summed E-state index contributed by atoms with van der Waals surface area (Å²) >= 11 is 0. The number of rotatable bonds is 5. The average molecular weight is 365 g/mol. The lowest BCUT2D eigenvalue weighted by Gasteiger charge is -2.26. The average Bonchev–Trinajstić information content (AvgIpc) is 2.77. The van der Waals surface area contributed by atoms with Crippen LogP contribution in [0.2, 0.25) is 0 Å². The maximum Gasteiger partial charge on any atom is 0.435 e. The summed E-state index contributed by atoms with van der Waals surface area (Å²) in [6.07, 6.45) is -4.39. The number of ether oxygens (including phenoxy) is 1. The second-order valence-electron chi connectivity index (χ2n) is 4.77. The molecule has 1 fully saturated rings. The van der Waals surface area contributed by atoms with Crippen LogP contribution in [0.1, 0.15) is 11.4 Å². The van der Waals surface area contributed by atoms with E-state index in [9.17, 15) is 13.2 Å². The number of aryl methyl sites for hydroxylation is 1. The van der Waals surface area contributed by atoms with E-state index in [0.29, 0.717) is 12.2 Å². The van der Waals surface area contributed by atoms with Crippen LogP contribution in [0.5, 0.6) is 0 Å². The fraction of sp³-hybridized carbons (Fsp3) is 0.750. The van der Waals surface area contributed by atoms with Gasteiger partial charge in [0.05, 0.1) is 18.9 Å². The topological polar surface area (TPSA) is 42.3 Å². The molecule has 0 bridgehead atoms. The van der Waals surface area contributed by atoms with E-state index in [0.717, 1.165) is 45.5 Å². The van der Waals surface area contributed by atoms with Crippen LogP contribution in [0.25, 0.3) is 0 Å². The number of aromatic nitrogens is 2. The lowest BCUT2D eigenvalue weighted by atomic mass is 10.3. The van der Waals surface area contributed by atoms with E-state index < -0.39 is 11.9 Å². The van der Waals surface area contributed by atoms with Crippen LogP contribution in [0.4, 0.5) is 13.2 Å². The van der Waals surface area contributed by atoms with Gasteiger partial charge in [-0.3, -0.25) is 9.58 Å². The van der Waals surface area contributed by atoms with Gasteiger partial charge >= 0.3 is 6.18 Å². The molecule has 0 atom stereocenters. The maximum absolute atomic E-state index is 12.5. The van der Waals surface area contributed by atoms with Gasteiger partial charge < -0.3 is 10.1 Å². The van der Waals surface area contributed by atoms with Gasteiger partial charge in [0.2, 0.25) is 0 Å². The zero-order valence-corrected chi connectivity index (χ0v) is 13.9. The lowest BCUT2D eigenvalue weighted by molar-refractivity contribution is -0.141. The van der Waals surface area contributed by atoms with Crippen LogP contribution in [0, 0.1) is 0 Å². The lowest BCUT2D eigenvalue weighted by Crippen LogP contribution is -2.40. The predicted octanol–water partition coefficient (Wildman–Crippen LogP) is 1.70. The molecule has 10 heteroatoms. The van der Waals surface area contributed by atoms with E-state index >= 15 is 0 Å². The fourth-order valence-electron chi connectivity index (χ4n) is 2.09. The number of nitrogens with zero attached hydrogens (tertiary/aromatic N) is 3. The minimum absolute atomic E-state index is 0. The standard InChI is InChI=1S/C12H19F3N4O.2ClH/c1-18-10(8-11(17-18)12(13,14)15)9-16-2-3-19-4-6-20-7-5-19;;/h8,16H,2-7,9H2,1H3;2*1H. The first-order valence-electron chi connectivity index (χ1n) is 6.58. The number of alkyl halides is 3. The smallest absolute Gasteiger partial charge is 0.379 e. The number of morpholine rings is 1. The Hall–Kier alpha value is -0.540. The van der Waals surface area contributed by atoms with Gasteiger partial charge in [0, 0.05) is 39.8 Å². The normalized spacial score (nSPS) is 16.0. The quantitative estimate of drug-likeness (QED) is 0.807. The van der Waals surface area contributed by atoms with Crippen molar-refractivity contribution in [3.05, 3.63) is 17.5 Å². The Morgan fingerprint density at radius 2 is 1.91 bits per heavy atom. The second kappa shape index (κ2) is 9.57. The van der Waals surface area contributed by atoms with Gasteiger partial charge in [0.1, 0.15) is 0 Å². The van der Waals surface area contributed by atoms with Crippen molar-refractivity contribution in [1.82, 2.24) is 20.0 Å². The highest BCUT2D eigenvalue weighted by Crippen LogP contribution is 2.28. The van der Waals surface area contributed by atoms with Crippen LogP contribution in [-0.4, -0.2) is 54.1 Å². The zero-order valence-electron chi connectivity index (χ0n) is 12.2. The van der Waals surface area contributed by atoms with Crippen molar-refractivity contribution in [3.8, 4) is 0 Å². The third-order valence-electron chi connectivity index (χ3n) is 3.28. The van der Waals surface area contributed by atoms with Crippen LogP contribution < -0.4 is 5.32 Å². The van der Waals surface area contributed by atoms with Crippen molar-refractivity contribution in [3.63, 3.8) is 0 Å². The summed E-state index contributed by atoms with van der Waals surface area (Å²) in [4.78, 5) is 2.26. The zero-order chi connectivity index (χ0) is 14.6. The summed E-state index contributed by atoms with van der Waals surface area (Å²) in [5.74, 6) is 0. The highest BCUT2D eigenvalue weighted by Gasteiger charge is 2.34. The first-order valence-corrected chi connectivity index (χ1v) is 6.58. The van der Waals surface area contributed by atoms with E-state index in [2.05, 4.69) is 15.3 Å². The predicted molar refractivity (Wildman–Crippen MR) is 81.7 cm³/mol. The molecular formula is C12H21Cl2F3N4O. The maximum atomic E-state index is 12.5. The molecule has 1 aromatic heterocycles. The molecule has 1 aromatic rings. The van der Waals surface area contributed by atoms with E-state index in [-0.39, 0.29) is 24.8 Å². The van der Waals surface area contributed by atoms with Crippen LogP contribution in [0.15, 0.2) is 6.07 Å².